The molecular formula is C16H25N3O2. The highest BCUT2D eigenvalue weighted by atomic mass is 16.5. The number of carbonyl (C=O) groups excluding carboxylic acids is 1. The second kappa shape index (κ2) is 6.08. The highest BCUT2D eigenvalue weighted by Gasteiger charge is 2.34. The van der Waals surface area contributed by atoms with Crippen molar-refractivity contribution in [3.05, 3.63) is 17.0 Å². The van der Waals surface area contributed by atoms with Gasteiger partial charge in [0.05, 0.1) is 11.7 Å². The van der Waals surface area contributed by atoms with Gasteiger partial charge in [-0.25, -0.2) is 4.79 Å². The molecule has 0 radical (unpaired) electrons. The van der Waals surface area contributed by atoms with Gasteiger partial charge in [-0.2, -0.15) is 0 Å². The molecule has 1 saturated heterocycles. The van der Waals surface area contributed by atoms with Crippen LogP contribution in [0.4, 0.5) is 4.79 Å². The highest BCUT2D eigenvalue weighted by molar-refractivity contribution is 5.75. The van der Waals surface area contributed by atoms with Crippen LogP contribution in [0.5, 0.6) is 0 Å². The normalized spacial score (nSPS) is 23.5. The van der Waals surface area contributed by atoms with E-state index in [0.29, 0.717) is 6.04 Å². The first-order valence-electron chi connectivity index (χ1n) is 8.16. The summed E-state index contributed by atoms with van der Waals surface area (Å²) in [7, 11) is 0. The molecule has 2 amide bonds. The third kappa shape index (κ3) is 2.92. The zero-order valence-electron chi connectivity index (χ0n) is 13.0. The molecule has 116 valence electrons. The molecular weight excluding hydrogens is 266 g/mol. The van der Waals surface area contributed by atoms with Gasteiger partial charge < -0.3 is 14.7 Å². The van der Waals surface area contributed by atoms with Crippen molar-refractivity contribution in [3.8, 4) is 0 Å². The average Bonchev–Trinajstić information content (AvgIpc) is 3.07. The number of aryl methyl sites for hydroxylation is 2. The van der Waals surface area contributed by atoms with Crippen molar-refractivity contribution in [1.82, 2.24) is 15.4 Å². The molecule has 21 heavy (non-hydrogen) atoms. The molecule has 0 aromatic carbocycles. The quantitative estimate of drug-likeness (QED) is 0.907. The smallest absolute Gasteiger partial charge is 0.318 e. The van der Waals surface area contributed by atoms with E-state index < -0.39 is 0 Å². The van der Waals surface area contributed by atoms with E-state index in [0.717, 1.165) is 49.2 Å². The number of rotatable bonds is 2. The van der Waals surface area contributed by atoms with Gasteiger partial charge in [0.25, 0.3) is 0 Å². The minimum absolute atomic E-state index is 0.0874. The van der Waals surface area contributed by atoms with Gasteiger partial charge in [0.15, 0.2) is 0 Å². The molecule has 1 aromatic rings. The average molecular weight is 291 g/mol. The molecule has 2 fully saturated rings. The van der Waals surface area contributed by atoms with Crippen molar-refractivity contribution in [1.29, 1.82) is 0 Å². The van der Waals surface area contributed by atoms with Crippen LogP contribution in [0.15, 0.2) is 4.52 Å². The Labute approximate surface area is 126 Å². The summed E-state index contributed by atoms with van der Waals surface area (Å²) in [5, 5.41) is 7.26. The maximum Gasteiger partial charge on any atom is 0.318 e. The SMILES string of the molecule is Cc1noc(C)c1[C@H]1CCCN1C(=O)NC1CCCCC1. The summed E-state index contributed by atoms with van der Waals surface area (Å²) < 4.78 is 5.28. The molecule has 3 rings (SSSR count). The fourth-order valence-corrected chi connectivity index (χ4v) is 3.78. The number of aromatic nitrogens is 1. The Kier molecular flexibility index (Phi) is 4.17. The first kappa shape index (κ1) is 14.4. The number of hydrogen-bond acceptors (Lipinski definition) is 3. The lowest BCUT2D eigenvalue weighted by Crippen LogP contribution is -2.45. The molecule has 2 heterocycles. The Balaban J connectivity index is 1.70. The van der Waals surface area contributed by atoms with Crippen LogP contribution in [-0.4, -0.2) is 28.7 Å². The van der Waals surface area contributed by atoms with Gasteiger partial charge in [-0.3, -0.25) is 0 Å². The fourth-order valence-electron chi connectivity index (χ4n) is 3.78. The number of carbonyl (C=O) groups is 1. The monoisotopic (exact) mass is 291 g/mol. The zero-order chi connectivity index (χ0) is 14.8. The summed E-state index contributed by atoms with van der Waals surface area (Å²) in [6, 6.07) is 0.571. The molecule has 2 aliphatic rings. The van der Waals surface area contributed by atoms with E-state index in [-0.39, 0.29) is 12.1 Å². The molecule has 0 bridgehead atoms. The lowest BCUT2D eigenvalue weighted by Gasteiger charge is -2.29. The minimum atomic E-state index is 0.0874. The number of urea groups is 1. The summed E-state index contributed by atoms with van der Waals surface area (Å²) in [6.45, 7) is 4.72. The molecule has 1 atom stereocenters. The van der Waals surface area contributed by atoms with E-state index in [1.807, 2.05) is 18.7 Å². The lowest BCUT2D eigenvalue weighted by molar-refractivity contribution is 0.185. The predicted octanol–water partition coefficient (Wildman–Crippen LogP) is 3.47. The minimum Gasteiger partial charge on any atom is -0.361 e. The zero-order valence-corrected chi connectivity index (χ0v) is 13.0. The number of amides is 2. The van der Waals surface area contributed by atoms with E-state index in [1.54, 1.807) is 0 Å². The standard InChI is InChI=1S/C16H25N3O2/c1-11-15(12(2)21-18-11)14-9-6-10-19(14)16(20)17-13-7-4-3-5-8-13/h13-14H,3-10H2,1-2H3,(H,17,20)/t14-/m1/s1. The molecule has 5 nitrogen and oxygen atoms in total. The first-order chi connectivity index (χ1) is 10.2. The van der Waals surface area contributed by atoms with E-state index >= 15 is 0 Å². The Bertz CT molecular complexity index is 486. The van der Waals surface area contributed by atoms with Gasteiger partial charge in [-0.15, -0.1) is 0 Å². The molecule has 1 aliphatic carbocycles. The summed E-state index contributed by atoms with van der Waals surface area (Å²) in [6.07, 6.45) is 8.06. The highest BCUT2D eigenvalue weighted by Crippen LogP contribution is 2.35. The number of hydrogen-bond donors (Lipinski definition) is 1. The third-order valence-electron chi connectivity index (χ3n) is 4.87. The summed E-state index contributed by atoms with van der Waals surface area (Å²) in [5.41, 5.74) is 2.01. The van der Waals surface area contributed by atoms with E-state index in [1.165, 1.54) is 19.3 Å². The van der Waals surface area contributed by atoms with Gasteiger partial charge in [-0.05, 0) is 39.5 Å². The van der Waals surface area contributed by atoms with Crippen LogP contribution in [0.2, 0.25) is 0 Å². The van der Waals surface area contributed by atoms with Crippen LogP contribution in [0, 0.1) is 13.8 Å². The van der Waals surface area contributed by atoms with Gasteiger partial charge in [0, 0.05) is 18.2 Å². The topological polar surface area (TPSA) is 58.4 Å². The summed E-state index contributed by atoms with van der Waals surface area (Å²) >= 11 is 0. The molecule has 1 aliphatic heterocycles. The second-order valence-electron chi connectivity index (χ2n) is 6.37. The van der Waals surface area contributed by atoms with Gasteiger partial charge >= 0.3 is 6.03 Å². The van der Waals surface area contributed by atoms with E-state index in [9.17, 15) is 4.79 Å². The fraction of sp³-hybridized carbons (Fsp3) is 0.750. The molecule has 5 heteroatoms. The van der Waals surface area contributed by atoms with Crippen molar-refractivity contribution in [2.45, 2.75) is 70.9 Å². The van der Waals surface area contributed by atoms with Crippen molar-refractivity contribution in [2.75, 3.05) is 6.54 Å². The predicted molar refractivity (Wildman–Crippen MR) is 80.1 cm³/mol. The number of nitrogens with one attached hydrogen (secondary N) is 1. The Morgan fingerprint density at radius 1 is 1.19 bits per heavy atom. The van der Waals surface area contributed by atoms with Gasteiger partial charge in [-0.1, -0.05) is 24.4 Å². The summed E-state index contributed by atoms with van der Waals surface area (Å²) in [4.78, 5) is 14.6. The molecule has 1 aromatic heterocycles. The first-order valence-corrected chi connectivity index (χ1v) is 8.16. The van der Waals surface area contributed by atoms with Crippen molar-refractivity contribution in [2.24, 2.45) is 0 Å². The van der Waals surface area contributed by atoms with Crippen LogP contribution >= 0.6 is 0 Å². The Morgan fingerprint density at radius 2 is 1.95 bits per heavy atom. The van der Waals surface area contributed by atoms with Crippen LogP contribution < -0.4 is 5.32 Å². The molecule has 1 saturated carbocycles. The molecule has 0 unspecified atom stereocenters. The lowest BCUT2D eigenvalue weighted by atomic mass is 9.95. The molecule has 1 N–H and O–H groups in total. The maximum absolute atomic E-state index is 12.6. The van der Waals surface area contributed by atoms with Crippen molar-refractivity contribution >= 4 is 6.03 Å². The van der Waals surface area contributed by atoms with Crippen molar-refractivity contribution in [3.63, 3.8) is 0 Å². The summed E-state index contributed by atoms with van der Waals surface area (Å²) in [5.74, 6) is 0.842. The number of likely N-dealkylation sites (tertiary alicyclic amines) is 1. The van der Waals surface area contributed by atoms with Crippen LogP contribution in [0.3, 0.4) is 0 Å². The number of nitrogens with zero attached hydrogens (tertiary/aromatic N) is 2. The third-order valence-corrected chi connectivity index (χ3v) is 4.87. The Hall–Kier alpha value is -1.52. The van der Waals surface area contributed by atoms with Crippen LogP contribution in [0.1, 0.15) is 68.0 Å². The molecule has 0 spiro atoms. The maximum atomic E-state index is 12.6. The van der Waals surface area contributed by atoms with Crippen LogP contribution in [-0.2, 0) is 0 Å². The van der Waals surface area contributed by atoms with Gasteiger partial charge in [0.2, 0.25) is 0 Å². The Morgan fingerprint density at radius 3 is 2.62 bits per heavy atom. The van der Waals surface area contributed by atoms with E-state index in [4.69, 9.17) is 4.52 Å². The van der Waals surface area contributed by atoms with Gasteiger partial charge in [0.1, 0.15) is 5.76 Å². The van der Waals surface area contributed by atoms with Crippen LogP contribution in [0.25, 0.3) is 0 Å². The van der Waals surface area contributed by atoms with Crippen molar-refractivity contribution < 1.29 is 9.32 Å². The second-order valence-corrected chi connectivity index (χ2v) is 6.37. The largest absolute Gasteiger partial charge is 0.361 e. The van der Waals surface area contributed by atoms with E-state index in [2.05, 4.69) is 10.5 Å².